The zero-order valence-electron chi connectivity index (χ0n) is 18.9. The first-order valence-corrected chi connectivity index (χ1v) is 11.6. The molecule has 0 unspecified atom stereocenters. The number of benzene rings is 2. The molecule has 0 spiro atoms. The molecule has 4 aliphatic carbocycles. The van der Waals surface area contributed by atoms with Gasteiger partial charge in [0.25, 0.3) is 0 Å². The van der Waals surface area contributed by atoms with Crippen molar-refractivity contribution in [2.45, 2.75) is 50.4 Å². The van der Waals surface area contributed by atoms with E-state index in [4.69, 9.17) is 9.47 Å². The molecule has 4 aliphatic rings. The normalized spacial score (nSPS) is 27.8. The smallest absolute Gasteiger partial charge is 0.337 e. The first-order chi connectivity index (χ1) is 15.5. The highest BCUT2D eigenvalue weighted by Gasteiger charge is 2.52. The molecule has 5 heteroatoms. The lowest BCUT2D eigenvalue weighted by atomic mass is 9.48. The number of anilines is 1. The number of amides is 1. The van der Waals surface area contributed by atoms with Gasteiger partial charge in [-0.05, 0) is 97.6 Å². The lowest BCUT2D eigenvalue weighted by Crippen LogP contribution is -2.48. The van der Waals surface area contributed by atoms with Crippen molar-refractivity contribution in [1.29, 1.82) is 0 Å². The fraction of sp³-hybridized carbons (Fsp3) is 0.481. The summed E-state index contributed by atoms with van der Waals surface area (Å²) < 4.78 is 10.5. The summed E-state index contributed by atoms with van der Waals surface area (Å²) in [6.45, 7) is 0. The van der Waals surface area contributed by atoms with Crippen LogP contribution in [0.1, 0.15) is 60.0 Å². The SMILES string of the molecule is COC(=O)c1ccc(NC(=O)Cc2ccc(OC)c(C34CC5CC(CC(C5)C3)C4)c2)cc1. The molecule has 2 aromatic carbocycles. The third kappa shape index (κ3) is 3.89. The standard InChI is InChI=1S/C27H31NO4/c1-31-24-8-3-17(13-25(29)28-22-6-4-21(5-7-22)26(30)32-2)12-23(24)27-14-18-9-19(15-27)11-20(10-18)16-27/h3-8,12,18-20H,9-11,13-16H2,1-2H3,(H,28,29). The highest BCUT2D eigenvalue weighted by Crippen LogP contribution is 2.61. The maximum absolute atomic E-state index is 12.7. The number of methoxy groups -OCH3 is 2. The lowest BCUT2D eigenvalue weighted by Gasteiger charge is -2.57. The fourth-order valence-electron chi connectivity index (χ4n) is 6.92. The molecule has 0 radical (unpaired) electrons. The molecule has 0 aromatic heterocycles. The molecule has 0 aliphatic heterocycles. The number of rotatable bonds is 6. The van der Waals surface area contributed by atoms with E-state index < -0.39 is 5.97 Å². The van der Waals surface area contributed by atoms with Gasteiger partial charge in [0.05, 0.1) is 26.2 Å². The first kappa shape index (κ1) is 21.0. The molecule has 4 saturated carbocycles. The monoisotopic (exact) mass is 433 g/mol. The summed E-state index contributed by atoms with van der Waals surface area (Å²) >= 11 is 0. The van der Waals surface area contributed by atoms with Crippen LogP contribution in [0, 0.1) is 17.8 Å². The molecule has 5 nitrogen and oxygen atoms in total. The Morgan fingerprint density at radius 3 is 2.12 bits per heavy atom. The zero-order chi connectivity index (χ0) is 22.3. The Morgan fingerprint density at radius 1 is 0.938 bits per heavy atom. The van der Waals surface area contributed by atoms with Crippen molar-refractivity contribution in [2.75, 3.05) is 19.5 Å². The van der Waals surface area contributed by atoms with Crippen molar-refractivity contribution in [3.8, 4) is 5.75 Å². The van der Waals surface area contributed by atoms with Crippen molar-refractivity contribution in [3.05, 3.63) is 59.2 Å². The largest absolute Gasteiger partial charge is 0.496 e. The Labute approximate surface area is 189 Å². The van der Waals surface area contributed by atoms with Gasteiger partial charge in [0.2, 0.25) is 5.91 Å². The van der Waals surface area contributed by atoms with E-state index in [0.717, 1.165) is 29.1 Å². The molecule has 6 rings (SSSR count). The quantitative estimate of drug-likeness (QED) is 0.642. The van der Waals surface area contributed by atoms with E-state index in [2.05, 4.69) is 11.4 Å². The molecule has 1 N–H and O–H groups in total. The number of nitrogens with one attached hydrogen (secondary N) is 1. The summed E-state index contributed by atoms with van der Waals surface area (Å²) in [7, 11) is 3.11. The van der Waals surface area contributed by atoms with Crippen molar-refractivity contribution >= 4 is 17.6 Å². The van der Waals surface area contributed by atoms with E-state index in [1.54, 1.807) is 31.4 Å². The summed E-state index contributed by atoms with van der Waals surface area (Å²) in [5.41, 5.74) is 3.67. The van der Waals surface area contributed by atoms with Gasteiger partial charge in [0.1, 0.15) is 5.75 Å². The fourth-order valence-corrected chi connectivity index (χ4v) is 6.92. The number of hydrogen-bond donors (Lipinski definition) is 1. The molecular weight excluding hydrogens is 402 g/mol. The van der Waals surface area contributed by atoms with Crippen LogP contribution in [0.5, 0.6) is 5.75 Å². The number of esters is 1. The van der Waals surface area contributed by atoms with Crippen molar-refractivity contribution in [3.63, 3.8) is 0 Å². The third-order valence-electron chi connectivity index (χ3n) is 7.83. The Morgan fingerprint density at radius 2 is 1.56 bits per heavy atom. The number of carbonyl (C=O) groups excluding carboxylic acids is 2. The summed E-state index contributed by atoms with van der Waals surface area (Å²) in [6, 6.07) is 13.0. The van der Waals surface area contributed by atoms with Gasteiger partial charge in [-0.3, -0.25) is 4.79 Å². The average molecular weight is 434 g/mol. The van der Waals surface area contributed by atoms with E-state index in [0.29, 0.717) is 17.7 Å². The Kier molecular flexibility index (Phi) is 5.44. The molecular formula is C27H31NO4. The summed E-state index contributed by atoms with van der Waals surface area (Å²) in [5, 5.41) is 2.94. The lowest BCUT2D eigenvalue weighted by molar-refractivity contribution is -0.115. The molecule has 0 heterocycles. The number of hydrogen-bond acceptors (Lipinski definition) is 4. The molecule has 2 aromatic rings. The van der Waals surface area contributed by atoms with Gasteiger partial charge in [-0.1, -0.05) is 12.1 Å². The molecule has 4 bridgehead atoms. The van der Waals surface area contributed by atoms with Gasteiger partial charge in [-0.15, -0.1) is 0 Å². The maximum atomic E-state index is 12.7. The molecule has 168 valence electrons. The van der Waals surface area contributed by atoms with Gasteiger partial charge in [-0.25, -0.2) is 4.79 Å². The van der Waals surface area contributed by atoms with Crippen molar-refractivity contribution < 1.29 is 19.1 Å². The van der Waals surface area contributed by atoms with E-state index >= 15 is 0 Å². The average Bonchev–Trinajstić information content (AvgIpc) is 2.78. The summed E-state index contributed by atoms with van der Waals surface area (Å²) in [6.07, 6.45) is 8.30. The van der Waals surface area contributed by atoms with Crippen LogP contribution in [-0.2, 0) is 21.4 Å². The van der Waals surface area contributed by atoms with Crippen LogP contribution in [0.3, 0.4) is 0 Å². The minimum Gasteiger partial charge on any atom is -0.496 e. The topological polar surface area (TPSA) is 64.6 Å². The second-order valence-corrected chi connectivity index (χ2v) is 10.0. The second kappa shape index (κ2) is 8.27. The van der Waals surface area contributed by atoms with Crippen LogP contribution in [0.2, 0.25) is 0 Å². The molecule has 0 saturated heterocycles. The van der Waals surface area contributed by atoms with Crippen LogP contribution >= 0.6 is 0 Å². The van der Waals surface area contributed by atoms with Crippen molar-refractivity contribution in [1.82, 2.24) is 0 Å². The van der Waals surface area contributed by atoms with Gasteiger partial charge >= 0.3 is 5.97 Å². The summed E-state index contributed by atoms with van der Waals surface area (Å²) in [4.78, 5) is 24.3. The van der Waals surface area contributed by atoms with Crippen LogP contribution in [0.15, 0.2) is 42.5 Å². The van der Waals surface area contributed by atoms with Crippen LogP contribution in [0.4, 0.5) is 5.69 Å². The number of ether oxygens (including phenoxy) is 2. The van der Waals surface area contributed by atoms with E-state index in [9.17, 15) is 9.59 Å². The number of carbonyl (C=O) groups is 2. The maximum Gasteiger partial charge on any atom is 0.337 e. The third-order valence-corrected chi connectivity index (χ3v) is 7.83. The van der Waals surface area contributed by atoms with Crippen LogP contribution < -0.4 is 10.1 Å². The van der Waals surface area contributed by atoms with Gasteiger partial charge in [0.15, 0.2) is 0 Å². The highest BCUT2D eigenvalue weighted by atomic mass is 16.5. The van der Waals surface area contributed by atoms with Crippen LogP contribution in [-0.4, -0.2) is 26.1 Å². The highest BCUT2D eigenvalue weighted by molar-refractivity contribution is 5.94. The van der Waals surface area contributed by atoms with Gasteiger partial charge < -0.3 is 14.8 Å². The predicted octanol–water partition coefficient (Wildman–Crippen LogP) is 5.13. The molecule has 32 heavy (non-hydrogen) atoms. The Bertz CT molecular complexity index is 991. The molecule has 0 atom stereocenters. The zero-order valence-corrected chi connectivity index (χ0v) is 18.9. The van der Waals surface area contributed by atoms with Gasteiger partial charge in [-0.2, -0.15) is 0 Å². The second-order valence-electron chi connectivity index (χ2n) is 10.0. The molecule has 1 amide bonds. The van der Waals surface area contributed by atoms with Crippen LogP contribution in [0.25, 0.3) is 0 Å². The summed E-state index contributed by atoms with van der Waals surface area (Å²) in [5.74, 6) is 3.06. The predicted molar refractivity (Wildman–Crippen MR) is 123 cm³/mol. The van der Waals surface area contributed by atoms with E-state index in [-0.39, 0.29) is 11.3 Å². The minimum absolute atomic E-state index is 0.0718. The van der Waals surface area contributed by atoms with Gasteiger partial charge in [0, 0.05) is 11.3 Å². The minimum atomic E-state index is -0.390. The van der Waals surface area contributed by atoms with E-state index in [1.807, 2.05) is 12.1 Å². The Hall–Kier alpha value is -2.82. The first-order valence-electron chi connectivity index (χ1n) is 11.6. The van der Waals surface area contributed by atoms with E-state index in [1.165, 1.54) is 51.2 Å². The molecule has 4 fully saturated rings. The Balaban J connectivity index is 1.33. The van der Waals surface area contributed by atoms with Crippen molar-refractivity contribution in [2.24, 2.45) is 17.8 Å².